The van der Waals surface area contributed by atoms with E-state index in [0.29, 0.717) is 17.9 Å². The molecule has 1 N–H and O–H groups in total. The van der Waals surface area contributed by atoms with Crippen LogP contribution in [-0.2, 0) is 0 Å². The van der Waals surface area contributed by atoms with E-state index in [4.69, 9.17) is 4.74 Å². The third kappa shape index (κ3) is 2.98. The molecule has 1 rings (SSSR count). The highest BCUT2D eigenvalue weighted by atomic mass is 16.6. The number of phenolic OH excluding ortho intramolecular Hbond substituents is 1. The molecule has 1 aromatic rings. The molecule has 0 heterocycles. The van der Waals surface area contributed by atoms with Crippen molar-refractivity contribution in [1.29, 1.82) is 0 Å². The number of nitrogens with zero attached hydrogens (tertiary/aromatic N) is 1. The zero-order chi connectivity index (χ0) is 11.3. The van der Waals surface area contributed by atoms with Crippen LogP contribution in [0.2, 0.25) is 0 Å². The minimum Gasteiger partial charge on any atom is -0.504 e. The SMILES string of the molecule is CCOc1cccc(C=C[N+](=O)[O-])c1O. The molecular formula is C10H11NO4. The van der Waals surface area contributed by atoms with Crippen molar-refractivity contribution in [2.75, 3.05) is 6.61 Å². The number of benzene rings is 1. The van der Waals surface area contributed by atoms with Crippen LogP contribution in [0.5, 0.6) is 11.5 Å². The lowest BCUT2D eigenvalue weighted by Gasteiger charge is -2.06. The molecule has 0 bridgehead atoms. The smallest absolute Gasteiger partial charge is 0.235 e. The van der Waals surface area contributed by atoms with E-state index in [0.717, 1.165) is 6.20 Å². The van der Waals surface area contributed by atoms with Gasteiger partial charge in [0.2, 0.25) is 6.20 Å². The third-order valence-electron chi connectivity index (χ3n) is 1.71. The second-order valence-electron chi connectivity index (χ2n) is 2.73. The Hall–Kier alpha value is -2.04. The predicted octanol–water partition coefficient (Wildman–Crippen LogP) is 2.04. The Labute approximate surface area is 86.8 Å². The van der Waals surface area contributed by atoms with Gasteiger partial charge < -0.3 is 9.84 Å². The number of nitro groups is 1. The summed E-state index contributed by atoms with van der Waals surface area (Å²) in [6, 6.07) is 4.82. The van der Waals surface area contributed by atoms with E-state index < -0.39 is 4.92 Å². The van der Waals surface area contributed by atoms with E-state index in [1.54, 1.807) is 25.1 Å². The van der Waals surface area contributed by atoms with Crippen LogP contribution in [-0.4, -0.2) is 16.6 Å². The van der Waals surface area contributed by atoms with Gasteiger partial charge in [-0.3, -0.25) is 10.1 Å². The summed E-state index contributed by atoms with van der Waals surface area (Å²) in [4.78, 5) is 9.51. The number of hydrogen-bond acceptors (Lipinski definition) is 4. The summed E-state index contributed by atoms with van der Waals surface area (Å²) in [5.74, 6) is 0.237. The first-order chi connectivity index (χ1) is 7.15. The molecule has 0 atom stereocenters. The van der Waals surface area contributed by atoms with E-state index in [1.807, 2.05) is 0 Å². The van der Waals surface area contributed by atoms with Crippen molar-refractivity contribution in [3.05, 3.63) is 40.1 Å². The molecule has 0 radical (unpaired) electrons. The molecule has 0 spiro atoms. The Morgan fingerprint density at radius 1 is 1.60 bits per heavy atom. The molecule has 80 valence electrons. The van der Waals surface area contributed by atoms with Crippen molar-refractivity contribution in [3.63, 3.8) is 0 Å². The van der Waals surface area contributed by atoms with Gasteiger partial charge in [0.15, 0.2) is 11.5 Å². The first-order valence-electron chi connectivity index (χ1n) is 4.41. The van der Waals surface area contributed by atoms with Gasteiger partial charge in [-0.25, -0.2) is 0 Å². The minimum atomic E-state index is -0.590. The summed E-state index contributed by atoms with van der Waals surface area (Å²) < 4.78 is 5.13. The van der Waals surface area contributed by atoms with Crippen molar-refractivity contribution in [2.24, 2.45) is 0 Å². The van der Waals surface area contributed by atoms with Gasteiger partial charge in [0.1, 0.15) is 0 Å². The second kappa shape index (κ2) is 4.99. The molecule has 0 aliphatic heterocycles. The molecule has 0 aliphatic carbocycles. The molecule has 1 aromatic carbocycles. The van der Waals surface area contributed by atoms with Crippen molar-refractivity contribution in [2.45, 2.75) is 6.92 Å². The predicted molar refractivity (Wildman–Crippen MR) is 55.3 cm³/mol. The highest BCUT2D eigenvalue weighted by Crippen LogP contribution is 2.30. The first kappa shape index (κ1) is 11.0. The topological polar surface area (TPSA) is 72.6 Å². The van der Waals surface area contributed by atoms with Crippen LogP contribution in [0.4, 0.5) is 0 Å². The van der Waals surface area contributed by atoms with E-state index in [1.165, 1.54) is 6.08 Å². The Balaban J connectivity index is 2.98. The van der Waals surface area contributed by atoms with E-state index >= 15 is 0 Å². The molecule has 0 saturated heterocycles. The third-order valence-corrected chi connectivity index (χ3v) is 1.71. The van der Waals surface area contributed by atoms with Gasteiger partial charge in [-0.05, 0) is 13.0 Å². The Morgan fingerprint density at radius 2 is 2.33 bits per heavy atom. The normalized spacial score (nSPS) is 10.5. The van der Waals surface area contributed by atoms with Crippen LogP contribution in [0.3, 0.4) is 0 Å². The number of hydrogen-bond donors (Lipinski definition) is 1. The number of rotatable bonds is 4. The maximum Gasteiger partial charge on any atom is 0.235 e. The van der Waals surface area contributed by atoms with Crippen LogP contribution < -0.4 is 4.74 Å². The molecule has 0 aromatic heterocycles. The van der Waals surface area contributed by atoms with Gasteiger partial charge in [-0.1, -0.05) is 12.1 Å². The van der Waals surface area contributed by atoms with Crippen LogP contribution in [0.25, 0.3) is 6.08 Å². The molecule has 0 saturated carbocycles. The summed E-state index contributed by atoms with van der Waals surface area (Å²) >= 11 is 0. The molecule has 0 unspecified atom stereocenters. The average molecular weight is 209 g/mol. The van der Waals surface area contributed by atoms with Crippen molar-refractivity contribution in [1.82, 2.24) is 0 Å². The van der Waals surface area contributed by atoms with Gasteiger partial charge in [0, 0.05) is 11.6 Å². The van der Waals surface area contributed by atoms with Crippen LogP contribution in [0.1, 0.15) is 12.5 Å². The standard InChI is InChI=1S/C10H11NO4/c1-2-15-9-5-3-4-8(10(9)12)6-7-11(13)14/h3-7,12H,2H2,1H3. The molecular weight excluding hydrogens is 198 g/mol. The summed E-state index contributed by atoms with van der Waals surface area (Å²) in [6.07, 6.45) is 1.99. The average Bonchev–Trinajstić information content (AvgIpc) is 2.19. The number of phenols is 1. The van der Waals surface area contributed by atoms with Gasteiger partial charge in [0.25, 0.3) is 0 Å². The molecule has 0 aliphatic rings. The lowest BCUT2D eigenvalue weighted by molar-refractivity contribution is -0.400. The zero-order valence-corrected chi connectivity index (χ0v) is 8.21. The molecule has 5 nitrogen and oxygen atoms in total. The fourth-order valence-electron chi connectivity index (χ4n) is 1.09. The van der Waals surface area contributed by atoms with E-state index in [9.17, 15) is 15.2 Å². The van der Waals surface area contributed by atoms with Crippen LogP contribution in [0, 0.1) is 10.1 Å². The molecule has 5 heteroatoms. The van der Waals surface area contributed by atoms with Crippen LogP contribution in [0.15, 0.2) is 24.4 Å². The van der Waals surface area contributed by atoms with Gasteiger partial charge in [0.05, 0.1) is 11.5 Å². The highest BCUT2D eigenvalue weighted by molar-refractivity contribution is 5.60. The van der Waals surface area contributed by atoms with Gasteiger partial charge in [-0.2, -0.15) is 0 Å². The Kier molecular flexibility index (Phi) is 3.68. The number of ether oxygens (including phenoxy) is 1. The quantitative estimate of drug-likeness (QED) is 0.608. The fraction of sp³-hybridized carbons (Fsp3) is 0.200. The molecule has 15 heavy (non-hydrogen) atoms. The maximum absolute atomic E-state index is 10.1. The monoisotopic (exact) mass is 209 g/mol. The molecule has 0 fully saturated rings. The second-order valence-corrected chi connectivity index (χ2v) is 2.73. The Morgan fingerprint density at radius 3 is 2.93 bits per heavy atom. The Bertz CT molecular complexity index is 387. The summed E-state index contributed by atoms with van der Waals surface area (Å²) in [6.45, 7) is 2.22. The van der Waals surface area contributed by atoms with E-state index in [-0.39, 0.29) is 5.75 Å². The number of para-hydroxylation sites is 1. The van der Waals surface area contributed by atoms with Crippen molar-refractivity contribution < 1.29 is 14.8 Å². The van der Waals surface area contributed by atoms with Crippen LogP contribution >= 0.6 is 0 Å². The van der Waals surface area contributed by atoms with E-state index in [2.05, 4.69) is 0 Å². The van der Waals surface area contributed by atoms with Crippen molar-refractivity contribution >= 4 is 6.08 Å². The zero-order valence-electron chi connectivity index (χ0n) is 8.21. The highest BCUT2D eigenvalue weighted by Gasteiger charge is 2.05. The molecule has 0 amide bonds. The summed E-state index contributed by atoms with van der Waals surface area (Å²) in [7, 11) is 0. The van der Waals surface area contributed by atoms with Gasteiger partial charge >= 0.3 is 0 Å². The number of aromatic hydroxyl groups is 1. The minimum absolute atomic E-state index is 0.0857. The first-order valence-corrected chi connectivity index (χ1v) is 4.41. The fourth-order valence-corrected chi connectivity index (χ4v) is 1.09. The maximum atomic E-state index is 10.1. The van der Waals surface area contributed by atoms with Crippen molar-refractivity contribution in [3.8, 4) is 11.5 Å². The summed E-state index contributed by atoms with van der Waals surface area (Å²) in [5, 5.41) is 19.7. The van der Waals surface area contributed by atoms with Gasteiger partial charge in [-0.15, -0.1) is 0 Å². The lowest BCUT2D eigenvalue weighted by Crippen LogP contribution is -1.92. The summed E-state index contributed by atoms with van der Waals surface area (Å²) in [5.41, 5.74) is 0.359. The lowest BCUT2D eigenvalue weighted by atomic mass is 10.2. The largest absolute Gasteiger partial charge is 0.504 e.